The first-order valence-electron chi connectivity index (χ1n) is 12.6. The lowest BCUT2D eigenvalue weighted by molar-refractivity contribution is -0.125. The summed E-state index contributed by atoms with van der Waals surface area (Å²) in [5.74, 6) is 2.36. The van der Waals surface area contributed by atoms with E-state index in [9.17, 15) is 9.59 Å². The second-order valence-corrected chi connectivity index (χ2v) is 11.0. The monoisotopic (exact) mass is 526 g/mol. The Kier molecular flexibility index (Phi) is 14.4. The average Bonchev–Trinajstić information content (AvgIpc) is 3.46. The minimum absolute atomic E-state index is 0.114. The van der Waals surface area contributed by atoms with Gasteiger partial charge in [-0.1, -0.05) is 45.0 Å². The molecule has 0 radical (unpaired) electrons. The van der Waals surface area contributed by atoms with Crippen molar-refractivity contribution in [1.29, 1.82) is 0 Å². The molecule has 3 rings (SSSR count). The second-order valence-electron chi connectivity index (χ2n) is 10.2. The van der Waals surface area contributed by atoms with Crippen LogP contribution in [0.25, 0.3) is 10.4 Å². The fourth-order valence-electron chi connectivity index (χ4n) is 3.93. The summed E-state index contributed by atoms with van der Waals surface area (Å²) in [6, 6.07) is 9.34. The Morgan fingerprint density at radius 1 is 1.32 bits per heavy atom. The van der Waals surface area contributed by atoms with Crippen LogP contribution in [0, 0.1) is 24.7 Å². The third-order valence-electron chi connectivity index (χ3n) is 6.22. The minimum Gasteiger partial charge on any atom is -0.372 e. The number of aromatic nitrogens is 1. The standard InChI is InChI=1S/C16H20N2S.C12H19NO2.CH3NO/c1-12-16(19-11-17-12)14-7-5-13(6-8-14)10-15-4-3-9-18(15)2;1-5-6-7-8-11(15)13-10(9-14)12(2,3)4;2-1-3/h5-8,11,15H,3-4,9-10H2,1-2H3;1,9-10H,6-8H2,2-4H3,(H,13,15);1H,(H2,2,3). The minimum atomic E-state index is -0.434. The summed E-state index contributed by atoms with van der Waals surface area (Å²) in [6.07, 6.45) is 11.6. The molecule has 2 atom stereocenters. The number of likely N-dealkylation sites (tertiary alicyclic amines) is 1. The Labute approximate surface area is 226 Å². The Hall–Kier alpha value is -3.02. The molecule has 2 heterocycles. The van der Waals surface area contributed by atoms with E-state index >= 15 is 0 Å². The molecule has 1 saturated heterocycles. The van der Waals surface area contributed by atoms with E-state index < -0.39 is 6.04 Å². The third-order valence-corrected chi connectivity index (χ3v) is 7.19. The van der Waals surface area contributed by atoms with Gasteiger partial charge in [0.15, 0.2) is 0 Å². The van der Waals surface area contributed by atoms with Crippen LogP contribution in [0.5, 0.6) is 0 Å². The normalized spacial score (nSPS) is 15.7. The van der Waals surface area contributed by atoms with Crippen molar-refractivity contribution in [3.8, 4) is 22.8 Å². The Morgan fingerprint density at radius 2 is 1.97 bits per heavy atom. The van der Waals surface area contributed by atoms with Crippen LogP contribution < -0.4 is 11.1 Å². The number of rotatable bonds is 8. The van der Waals surface area contributed by atoms with E-state index in [-0.39, 0.29) is 17.7 Å². The van der Waals surface area contributed by atoms with Gasteiger partial charge in [-0.05, 0) is 62.7 Å². The van der Waals surface area contributed by atoms with Crippen molar-refractivity contribution in [3.05, 3.63) is 41.0 Å². The van der Waals surface area contributed by atoms with Crippen LogP contribution in [0.3, 0.4) is 0 Å². The number of nitrogens with zero attached hydrogens (tertiary/aromatic N) is 2. The SMILES string of the molecule is C#CCCCC(=O)NC(C=O)C(C)(C)C.Cc1ncsc1-c1ccc(CC2CCCN2C)cc1.NC=O. The number of likely N-dealkylation sites (N-methyl/N-ethyl adjacent to an activating group) is 1. The maximum absolute atomic E-state index is 11.4. The van der Waals surface area contributed by atoms with Gasteiger partial charge in [-0.25, -0.2) is 4.98 Å². The van der Waals surface area contributed by atoms with Gasteiger partial charge >= 0.3 is 0 Å². The molecular formula is C29H42N4O3S. The van der Waals surface area contributed by atoms with E-state index in [2.05, 4.69) is 65.1 Å². The highest BCUT2D eigenvalue weighted by atomic mass is 32.1. The number of unbranched alkanes of at least 4 members (excludes halogenated alkanes) is 1. The maximum atomic E-state index is 11.4. The number of hydrogen-bond acceptors (Lipinski definition) is 6. The lowest BCUT2D eigenvalue weighted by Crippen LogP contribution is -2.44. The zero-order valence-corrected chi connectivity index (χ0v) is 23.6. The number of primary amides is 1. The summed E-state index contributed by atoms with van der Waals surface area (Å²) in [5, 5.41) is 2.69. The number of nitrogens with one attached hydrogen (secondary N) is 1. The van der Waals surface area contributed by atoms with Crippen LogP contribution in [0.4, 0.5) is 0 Å². The van der Waals surface area contributed by atoms with Crippen molar-refractivity contribution in [2.45, 2.75) is 78.3 Å². The molecule has 1 aliphatic heterocycles. The summed E-state index contributed by atoms with van der Waals surface area (Å²) >= 11 is 1.72. The summed E-state index contributed by atoms with van der Waals surface area (Å²) in [5.41, 5.74) is 9.72. The van der Waals surface area contributed by atoms with E-state index in [1.807, 2.05) is 26.3 Å². The van der Waals surface area contributed by atoms with Crippen molar-refractivity contribution in [3.63, 3.8) is 0 Å². The molecule has 2 aromatic rings. The zero-order valence-electron chi connectivity index (χ0n) is 22.8. The highest BCUT2D eigenvalue weighted by Crippen LogP contribution is 2.28. The second kappa shape index (κ2) is 16.7. The Balaban J connectivity index is 0.000000344. The largest absolute Gasteiger partial charge is 0.372 e. The van der Waals surface area contributed by atoms with Crippen molar-refractivity contribution in [1.82, 2.24) is 15.2 Å². The molecule has 1 fully saturated rings. The van der Waals surface area contributed by atoms with Crippen LogP contribution >= 0.6 is 11.3 Å². The number of terminal acetylenes is 1. The van der Waals surface area contributed by atoms with Crippen molar-refractivity contribution in [2.24, 2.45) is 11.1 Å². The van der Waals surface area contributed by atoms with Gasteiger partial charge in [0, 0.05) is 18.9 Å². The topological polar surface area (TPSA) is 105 Å². The number of amides is 2. The summed E-state index contributed by atoms with van der Waals surface area (Å²) in [7, 11) is 2.24. The molecular weight excluding hydrogens is 484 g/mol. The molecule has 1 aliphatic rings. The van der Waals surface area contributed by atoms with E-state index in [0.717, 1.165) is 18.0 Å². The van der Waals surface area contributed by atoms with Gasteiger partial charge in [0.1, 0.15) is 6.29 Å². The molecule has 2 unspecified atom stereocenters. The number of thiazole rings is 1. The molecule has 0 saturated carbocycles. The number of aldehydes is 1. The van der Waals surface area contributed by atoms with Crippen LogP contribution in [-0.2, 0) is 20.8 Å². The first-order chi connectivity index (χ1) is 17.6. The van der Waals surface area contributed by atoms with Crippen molar-refractivity contribution in [2.75, 3.05) is 13.6 Å². The molecule has 3 N–H and O–H groups in total. The molecule has 0 aliphatic carbocycles. The molecule has 1 aromatic carbocycles. The van der Waals surface area contributed by atoms with Gasteiger partial charge in [0.2, 0.25) is 12.3 Å². The zero-order chi connectivity index (χ0) is 27.8. The van der Waals surface area contributed by atoms with Gasteiger partial charge in [-0.2, -0.15) is 0 Å². The molecule has 0 spiro atoms. The van der Waals surface area contributed by atoms with Gasteiger partial charge in [-0.3, -0.25) is 9.59 Å². The quantitative estimate of drug-likeness (QED) is 0.302. The first-order valence-corrected chi connectivity index (χ1v) is 13.5. The van der Waals surface area contributed by atoms with Crippen molar-refractivity contribution < 1.29 is 14.4 Å². The number of carbonyl (C=O) groups excluding carboxylic acids is 3. The number of benzene rings is 1. The van der Waals surface area contributed by atoms with Crippen LogP contribution in [0.15, 0.2) is 29.8 Å². The van der Waals surface area contributed by atoms with E-state index in [0.29, 0.717) is 19.3 Å². The smallest absolute Gasteiger partial charge is 0.220 e. The third kappa shape index (κ3) is 11.7. The number of hydrogen-bond donors (Lipinski definition) is 2. The molecule has 2 amide bonds. The molecule has 7 nitrogen and oxygen atoms in total. The van der Waals surface area contributed by atoms with E-state index in [1.165, 1.54) is 41.8 Å². The lowest BCUT2D eigenvalue weighted by atomic mass is 9.87. The average molecular weight is 527 g/mol. The van der Waals surface area contributed by atoms with Crippen LogP contribution in [0.1, 0.15) is 64.1 Å². The van der Waals surface area contributed by atoms with Gasteiger partial charge in [0.25, 0.3) is 0 Å². The Morgan fingerprint density at radius 3 is 2.43 bits per heavy atom. The van der Waals surface area contributed by atoms with Gasteiger partial charge in [0.05, 0.1) is 22.1 Å². The summed E-state index contributed by atoms with van der Waals surface area (Å²) in [6.45, 7) is 9.06. The first kappa shape index (κ1) is 32.0. The summed E-state index contributed by atoms with van der Waals surface area (Å²) < 4.78 is 0. The van der Waals surface area contributed by atoms with E-state index in [1.54, 1.807) is 11.3 Å². The van der Waals surface area contributed by atoms with Crippen molar-refractivity contribution >= 4 is 29.9 Å². The van der Waals surface area contributed by atoms with Crippen LogP contribution in [0.2, 0.25) is 0 Å². The predicted molar refractivity (Wildman–Crippen MR) is 152 cm³/mol. The molecule has 1 aromatic heterocycles. The number of nitrogens with two attached hydrogens (primary N) is 1. The lowest BCUT2D eigenvalue weighted by Gasteiger charge is -2.26. The number of carbonyl (C=O) groups is 3. The predicted octanol–water partition coefficient (Wildman–Crippen LogP) is 4.38. The van der Waals surface area contributed by atoms with Gasteiger partial charge < -0.3 is 20.7 Å². The Bertz CT molecular complexity index is 1010. The molecule has 37 heavy (non-hydrogen) atoms. The number of aryl methyl sites for hydroxylation is 1. The highest BCUT2D eigenvalue weighted by molar-refractivity contribution is 7.13. The fourth-order valence-corrected chi connectivity index (χ4v) is 4.74. The molecule has 0 bridgehead atoms. The van der Waals surface area contributed by atoms with E-state index in [4.69, 9.17) is 11.2 Å². The molecule has 202 valence electrons. The molecule has 8 heteroatoms. The maximum Gasteiger partial charge on any atom is 0.220 e. The fraction of sp³-hybridized carbons (Fsp3) is 0.517. The van der Waals surface area contributed by atoms with Crippen LogP contribution in [-0.4, -0.2) is 54.2 Å². The van der Waals surface area contributed by atoms with Gasteiger partial charge in [-0.15, -0.1) is 23.7 Å². The highest BCUT2D eigenvalue weighted by Gasteiger charge is 2.25. The summed E-state index contributed by atoms with van der Waals surface area (Å²) in [4.78, 5) is 38.9.